The van der Waals surface area contributed by atoms with Gasteiger partial charge in [-0.1, -0.05) is 96.8 Å². The van der Waals surface area contributed by atoms with E-state index in [9.17, 15) is 0 Å². The Bertz CT molecular complexity index is 329. The van der Waals surface area contributed by atoms with Crippen molar-refractivity contribution >= 4 is 0 Å². The van der Waals surface area contributed by atoms with Crippen LogP contribution in [0.5, 0.6) is 0 Å². The number of quaternary nitrogens is 1. The first-order valence-corrected chi connectivity index (χ1v) is 13.3. The third-order valence-corrected chi connectivity index (χ3v) is 5.96. The molecule has 6 heteroatoms. The number of aliphatic hydroxyl groups excluding tert-OH is 4. The molecule has 4 N–H and O–H groups in total. The van der Waals surface area contributed by atoms with Gasteiger partial charge < -0.3 is 37.3 Å². The third kappa shape index (κ3) is 32.3. The van der Waals surface area contributed by atoms with Gasteiger partial charge in [-0.05, 0) is 12.8 Å². The van der Waals surface area contributed by atoms with E-state index in [4.69, 9.17) is 20.4 Å². The van der Waals surface area contributed by atoms with E-state index in [0.29, 0.717) is 6.61 Å². The minimum atomic E-state index is -0.954. The van der Waals surface area contributed by atoms with E-state index in [1.165, 1.54) is 109 Å². The molecule has 0 radical (unpaired) electrons. The Kier molecular flexibility index (Phi) is 33.4. The molecule has 0 spiro atoms. The lowest BCUT2D eigenvalue weighted by Crippen LogP contribution is -3.00. The minimum absolute atomic E-state index is 0. The number of nitrogens with zero attached hydrogens (tertiary/aromatic N) is 1. The van der Waals surface area contributed by atoms with Crippen LogP contribution in [-0.4, -0.2) is 78.0 Å². The van der Waals surface area contributed by atoms with Crippen molar-refractivity contribution in [2.24, 2.45) is 0 Å². The summed E-state index contributed by atoms with van der Waals surface area (Å²) >= 11 is 0. The summed E-state index contributed by atoms with van der Waals surface area (Å²) in [7, 11) is 4.59. The zero-order valence-electron chi connectivity index (χ0n) is 21.7. The lowest BCUT2D eigenvalue weighted by Gasteiger charge is -2.29. The molecule has 0 atom stereocenters. The second-order valence-corrected chi connectivity index (χ2v) is 9.78. The van der Waals surface area contributed by atoms with E-state index in [0.717, 1.165) is 17.4 Å². The summed E-state index contributed by atoms with van der Waals surface area (Å²) in [6.45, 7) is 4.27. The summed E-state index contributed by atoms with van der Waals surface area (Å²) in [4.78, 5) is 0. The fourth-order valence-corrected chi connectivity index (χ4v) is 3.76. The average Bonchev–Trinajstić information content (AvgIpc) is 2.77. The molecule has 0 unspecified atom stereocenters. The molecule has 0 aliphatic carbocycles. The standard InChI is InChI=1S/C23H50NO.C3H8O3.ClH/c1-4-5-6-7-8-9-10-11-12-13-14-15-16-17-18-19-21-24(2,3)22-20-23-25;4-1-3(6)2-5;/h25H,4-23H2,1-3H3;3-6H,1-2H2;1H/q+1;;/p-1. The van der Waals surface area contributed by atoms with E-state index in [-0.39, 0.29) is 25.6 Å². The Morgan fingerprint density at radius 3 is 1.12 bits per heavy atom. The first kappa shape index (κ1) is 36.7. The molecule has 0 rings (SSSR count). The number of rotatable bonds is 22. The monoisotopic (exact) mass is 483 g/mol. The van der Waals surface area contributed by atoms with Crippen molar-refractivity contribution in [2.45, 2.75) is 122 Å². The van der Waals surface area contributed by atoms with Crippen molar-refractivity contribution in [1.29, 1.82) is 0 Å². The fraction of sp³-hybridized carbons (Fsp3) is 1.00. The second kappa shape index (κ2) is 29.1. The highest BCUT2D eigenvalue weighted by Crippen LogP contribution is 2.14. The maximum atomic E-state index is 8.93. The molecule has 5 nitrogen and oxygen atoms in total. The normalized spacial score (nSPS) is 11.2. The van der Waals surface area contributed by atoms with Gasteiger partial charge in [0, 0.05) is 13.0 Å². The molecule has 0 aliphatic rings. The van der Waals surface area contributed by atoms with Crippen LogP contribution in [0, 0.1) is 0 Å². The molecule has 32 heavy (non-hydrogen) atoms. The van der Waals surface area contributed by atoms with Crippen LogP contribution in [0.3, 0.4) is 0 Å². The van der Waals surface area contributed by atoms with Gasteiger partial charge >= 0.3 is 0 Å². The summed E-state index contributed by atoms with van der Waals surface area (Å²) in [5.41, 5.74) is 0. The van der Waals surface area contributed by atoms with E-state index >= 15 is 0 Å². The third-order valence-electron chi connectivity index (χ3n) is 5.96. The van der Waals surface area contributed by atoms with Crippen LogP contribution in [0.2, 0.25) is 0 Å². The SMILES string of the molecule is CCCCCCCCCCCCCCCCCC[N+](C)(C)CCCO.OCC(O)CO.[Cl-]. The molecule has 0 aromatic carbocycles. The first-order valence-electron chi connectivity index (χ1n) is 13.3. The van der Waals surface area contributed by atoms with E-state index < -0.39 is 6.10 Å². The Labute approximate surface area is 206 Å². The largest absolute Gasteiger partial charge is 1.00 e. The number of aliphatic hydroxyl groups is 4. The Balaban J connectivity index is -0.00000105. The van der Waals surface area contributed by atoms with Gasteiger partial charge in [-0.3, -0.25) is 0 Å². The average molecular weight is 484 g/mol. The highest BCUT2D eigenvalue weighted by molar-refractivity contribution is 4.50. The smallest absolute Gasteiger partial charge is 0.100 e. The van der Waals surface area contributed by atoms with Gasteiger partial charge in [0.2, 0.25) is 0 Å². The fourth-order valence-electron chi connectivity index (χ4n) is 3.76. The van der Waals surface area contributed by atoms with E-state index in [1.807, 2.05) is 0 Å². The van der Waals surface area contributed by atoms with Crippen LogP contribution in [0.25, 0.3) is 0 Å². The molecule has 0 bridgehead atoms. The highest BCUT2D eigenvalue weighted by atomic mass is 35.5. The number of halogens is 1. The lowest BCUT2D eigenvalue weighted by atomic mass is 10.0. The predicted molar refractivity (Wildman–Crippen MR) is 133 cm³/mol. The first-order chi connectivity index (χ1) is 14.9. The second-order valence-electron chi connectivity index (χ2n) is 9.78. The molecule has 0 amide bonds. The molecule has 0 aliphatic heterocycles. The van der Waals surface area contributed by atoms with Gasteiger partial charge in [0.1, 0.15) is 6.10 Å². The zero-order valence-corrected chi connectivity index (χ0v) is 22.5. The number of hydrogen-bond acceptors (Lipinski definition) is 4. The number of unbranched alkanes of at least 4 members (excludes halogenated alkanes) is 15. The van der Waals surface area contributed by atoms with Gasteiger partial charge in [-0.25, -0.2) is 0 Å². The van der Waals surface area contributed by atoms with Crippen molar-refractivity contribution < 1.29 is 37.3 Å². The molecule has 0 fully saturated rings. The quantitative estimate of drug-likeness (QED) is 0.140. The molecular weight excluding hydrogens is 426 g/mol. The summed E-state index contributed by atoms with van der Waals surface area (Å²) in [6.07, 6.45) is 23.0. The van der Waals surface area contributed by atoms with Gasteiger partial charge in [0.25, 0.3) is 0 Å². The zero-order chi connectivity index (χ0) is 23.6. The van der Waals surface area contributed by atoms with Crippen molar-refractivity contribution in [3.63, 3.8) is 0 Å². The molecule has 0 aromatic heterocycles. The van der Waals surface area contributed by atoms with Crippen LogP contribution in [0.1, 0.15) is 116 Å². The van der Waals surface area contributed by atoms with E-state index in [1.54, 1.807) is 0 Å². The molecule has 198 valence electrons. The molecule has 0 saturated carbocycles. The number of hydrogen-bond donors (Lipinski definition) is 4. The lowest BCUT2D eigenvalue weighted by molar-refractivity contribution is -0.890. The van der Waals surface area contributed by atoms with Crippen LogP contribution in [0.4, 0.5) is 0 Å². The molecular formula is C26H58ClNO4. The molecule has 0 heterocycles. The minimum Gasteiger partial charge on any atom is -1.00 e. The van der Waals surface area contributed by atoms with Gasteiger partial charge in [0.15, 0.2) is 0 Å². The van der Waals surface area contributed by atoms with Gasteiger partial charge in [0.05, 0.1) is 40.4 Å². The summed E-state index contributed by atoms with van der Waals surface area (Å²) in [6, 6.07) is 0. The Hall–Kier alpha value is 0.0900. The van der Waals surface area contributed by atoms with Crippen LogP contribution < -0.4 is 12.4 Å². The van der Waals surface area contributed by atoms with Crippen molar-refractivity contribution in [3.05, 3.63) is 0 Å². The maximum Gasteiger partial charge on any atom is 0.100 e. The predicted octanol–water partition coefficient (Wildman–Crippen LogP) is 2.04. The summed E-state index contributed by atoms with van der Waals surface area (Å²) < 4.78 is 1.07. The van der Waals surface area contributed by atoms with Crippen LogP contribution in [0.15, 0.2) is 0 Å². The Morgan fingerprint density at radius 1 is 0.531 bits per heavy atom. The topological polar surface area (TPSA) is 80.9 Å². The van der Waals surface area contributed by atoms with Crippen LogP contribution >= 0.6 is 0 Å². The van der Waals surface area contributed by atoms with Crippen molar-refractivity contribution in [1.82, 2.24) is 0 Å². The summed E-state index contributed by atoms with van der Waals surface area (Å²) in [5, 5.41) is 32.9. The van der Waals surface area contributed by atoms with Crippen molar-refractivity contribution in [2.75, 3.05) is 47.0 Å². The Morgan fingerprint density at radius 2 is 0.844 bits per heavy atom. The highest BCUT2D eigenvalue weighted by Gasteiger charge is 2.13. The van der Waals surface area contributed by atoms with Gasteiger partial charge in [-0.15, -0.1) is 0 Å². The van der Waals surface area contributed by atoms with Crippen LogP contribution in [-0.2, 0) is 0 Å². The molecule has 0 saturated heterocycles. The van der Waals surface area contributed by atoms with Gasteiger partial charge in [-0.2, -0.15) is 0 Å². The van der Waals surface area contributed by atoms with E-state index in [2.05, 4.69) is 21.0 Å². The maximum absolute atomic E-state index is 8.93. The van der Waals surface area contributed by atoms with Crippen molar-refractivity contribution in [3.8, 4) is 0 Å². The molecule has 0 aromatic rings. The summed E-state index contributed by atoms with van der Waals surface area (Å²) in [5.74, 6) is 0.